The highest BCUT2D eigenvalue weighted by molar-refractivity contribution is 7.99. The molecule has 1 aromatic rings. The molecule has 1 aromatic carbocycles. The maximum atomic E-state index is 12.0. The predicted octanol–water partition coefficient (Wildman–Crippen LogP) is 1.86. The molecule has 1 heterocycles. The van der Waals surface area contributed by atoms with Gasteiger partial charge in [0.25, 0.3) is 0 Å². The maximum Gasteiger partial charge on any atom is 0.324 e. The highest BCUT2D eigenvalue weighted by Crippen LogP contribution is 2.19. The van der Waals surface area contributed by atoms with Crippen molar-refractivity contribution in [1.82, 2.24) is 10.2 Å². The molecule has 96 valence electrons. The summed E-state index contributed by atoms with van der Waals surface area (Å²) in [6.45, 7) is 2.89. The van der Waals surface area contributed by atoms with Gasteiger partial charge in [-0.3, -0.25) is 9.69 Å². The van der Waals surface area contributed by atoms with E-state index in [1.54, 1.807) is 11.8 Å². The third-order valence-electron chi connectivity index (χ3n) is 2.81. The summed E-state index contributed by atoms with van der Waals surface area (Å²) in [5, 5.41) is 2.44. The van der Waals surface area contributed by atoms with Crippen molar-refractivity contribution in [2.75, 3.05) is 13.1 Å². The summed E-state index contributed by atoms with van der Waals surface area (Å²) in [5.41, 5.74) is 1.19. The fourth-order valence-electron chi connectivity index (χ4n) is 1.77. The molecule has 0 spiro atoms. The van der Waals surface area contributed by atoms with E-state index in [-0.39, 0.29) is 17.2 Å². The number of nitrogens with one attached hydrogen (secondary N) is 1. The number of hydrogen-bond donors (Lipinski definition) is 1. The first kappa shape index (κ1) is 13.0. The largest absolute Gasteiger partial charge is 0.336 e. The molecule has 1 atom stereocenters. The van der Waals surface area contributed by atoms with Gasteiger partial charge in [0, 0.05) is 18.8 Å². The van der Waals surface area contributed by atoms with E-state index in [2.05, 4.69) is 5.32 Å². The van der Waals surface area contributed by atoms with Crippen LogP contribution in [0.4, 0.5) is 4.79 Å². The van der Waals surface area contributed by atoms with Gasteiger partial charge in [0.1, 0.15) is 0 Å². The Bertz CT molecular complexity index is 436. The Labute approximate surface area is 111 Å². The van der Waals surface area contributed by atoms with E-state index < -0.39 is 0 Å². The Morgan fingerprint density at radius 2 is 2.17 bits per heavy atom. The minimum Gasteiger partial charge on any atom is -0.336 e. The zero-order valence-electron chi connectivity index (χ0n) is 10.3. The van der Waals surface area contributed by atoms with Crippen LogP contribution in [-0.4, -0.2) is 35.2 Å². The molecule has 0 saturated carbocycles. The Kier molecular flexibility index (Phi) is 4.25. The smallest absolute Gasteiger partial charge is 0.324 e. The number of carbonyl (C=O) groups excluding carboxylic acids is 2. The van der Waals surface area contributed by atoms with Crippen molar-refractivity contribution in [2.24, 2.45) is 0 Å². The lowest BCUT2D eigenvalue weighted by Gasteiger charge is -2.17. The molecule has 1 aliphatic rings. The van der Waals surface area contributed by atoms with Gasteiger partial charge in [-0.15, -0.1) is 11.8 Å². The number of nitrogens with zero attached hydrogens (tertiary/aromatic N) is 1. The Morgan fingerprint density at radius 3 is 2.78 bits per heavy atom. The van der Waals surface area contributed by atoms with E-state index in [0.29, 0.717) is 13.1 Å². The maximum absolute atomic E-state index is 12.0. The highest BCUT2D eigenvalue weighted by atomic mass is 32.2. The average molecular weight is 264 g/mol. The molecule has 0 aliphatic carbocycles. The van der Waals surface area contributed by atoms with Crippen LogP contribution in [0.2, 0.25) is 0 Å². The summed E-state index contributed by atoms with van der Waals surface area (Å²) in [4.78, 5) is 24.7. The van der Waals surface area contributed by atoms with Crippen LogP contribution in [0.1, 0.15) is 12.5 Å². The highest BCUT2D eigenvalue weighted by Gasteiger charge is 2.29. The summed E-state index contributed by atoms with van der Waals surface area (Å²) >= 11 is 1.56. The molecule has 1 aliphatic heterocycles. The van der Waals surface area contributed by atoms with Gasteiger partial charge < -0.3 is 5.32 Å². The second kappa shape index (κ2) is 5.91. The third-order valence-corrected chi connectivity index (χ3v) is 4.02. The lowest BCUT2D eigenvalue weighted by atomic mass is 10.2. The van der Waals surface area contributed by atoms with Crippen LogP contribution in [0.3, 0.4) is 0 Å². The van der Waals surface area contributed by atoms with Crippen molar-refractivity contribution >= 4 is 23.7 Å². The minimum atomic E-state index is -0.271. The molecule has 18 heavy (non-hydrogen) atoms. The Morgan fingerprint density at radius 1 is 1.44 bits per heavy atom. The Balaban J connectivity index is 1.86. The van der Waals surface area contributed by atoms with Crippen molar-refractivity contribution in [1.29, 1.82) is 0 Å². The number of thioether (sulfide) groups is 1. The summed E-state index contributed by atoms with van der Waals surface area (Å²) in [6.07, 6.45) is 0. The summed E-state index contributed by atoms with van der Waals surface area (Å²) in [6, 6.07) is 9.73. The van der Waals surface area contributed by atoms with Gasteiger partial charge in [-0.1, -0.05) is 30.3 Å². The van der Waals surface area contributed by atoms with Gasteiger partial charge in [0.2, 0.25) is 5.91 Å². The molecule has 0 unspecified atom stereocenters. The van der Waals surface area contributed by atoms with Crippen molar-refractivity contribution in [2.45, 2.75) is 17.9 Å². The van der Waals surface area contributed by atoms with Crippen LogP contribution in [0.25, 0.3) is 0 Å². The quantitative estimate of drug-likeness (QED) is 0.903. The molecule has 3 amide bonds. The van der Waals surface area contributed by atoms with Crippen molar-refractivity contribution in [3.05, 3.63) is 35.9 Å². The van der Waals surface area contributed by atoms with Crippen LogP contribution < -0.4 is 5.32 Å². The average Bonchev–Trinajstić information content (AvgIpc) is 2.82. The first-order valence-electron chi connectivity index (χ1n) is 5.93. The lowest BCUT2D eigenvalue weighted by molar-refractivity contribution is -0.126. The normalized spacial score (nSPS) is 16.5. The summed E-state index contributed by atoms with van der Waals surface area (Å²) in [5.74, 6) is 0.675. The number of benzene rings is 1. The topological polar surface area (TPSA) is 49.4 Å². The molecule has 1 saturated heterocycles. The van der Waals surface area contributed by atoms with Gasteiger partial charge >= 0.3 is 6.03 Å². The Hall–Kier alpha value is -1.49. The molecule has 1 N–H and O–H groups in total. The number of imide groups is 1. The molecule has 2 rings (SSSR count). The first-order chi connectivity index (χ1) is 8.68. The molecule has 1 fully saturated rings. The van der Waals surface area contributed by atoms with E-state index in [0.717, 1.165) is 5.75 Å². The first-order valence-corrected chi connectivity index (χ1v) is 6.98. The van der Waals surface area contributed by atoms with Crippen LogP contribution >= 0.6 is 11.8 Å². The van der Waals surface area contributed by atoms with E-state index in [1.165, 1.54) is 10.5 Å². The zero-order chi connectivity index (χ0) is 13.0. The zero-order valence-corrected chi connectivity index (χ0v) is 11.1. The predicted molar refractivity (Wildman–Crippen MR) is 72.3 cm³/mol. The second-order valence-electron chi connectivity index (χ2n) is 4.16. The van der Waals surface area contributed by atoms with Crippen molar-refractivity contribution in [3.8, 4) is 0 Å². The third kappa shape index (κ3) is 3.04. The molecule has 0 aromatic heterocycles. The van der Waals surface area contributed by atoms with Crippen LogP contribution in [-0.2, 0) is 10.5 Å². The van der Waals surface area contributed by atoms with Crippen molar-refractivity contribution < 1.29 is 9.59 Å². The fraction of sp³-hybridized carbons (Fsp3) is 0.385. The van der Waals surface area contributed by atoms with Crippen LogP contribution in [0, 0.1) is 0 Å². The number of urea groups is 1. The number of carbonyl (C=O) groups is 2. The van der Waals surface area contributed by atoms with Gasteiger partial charge in [-0.2, -0.15) is 0 Å². The van der Waals surface area contributed by atoms with E-state index >= 15 is 0 Å². The number of rotatable bonds is 4. The van der Waals surface area contributed by atoms with Crippen LogP contribution in [0.5, 0.6) is 0 Å². The van der Waals surface area contributed by atoms with Gasteiger partial charge in [-0.05, 0) is 12.5 Å². The molecule has 0 bridgehead atoms. The lowest BCUT2D eigenvalue weighted by Crippen LogP contribution is -2.38. The molecule has 5 heteroatoms. The number of amides is 3. The standard InChI is InChI=1S/C13H16N2O2S/c1-10(12(16)15-8-7-14-13(15)17)18-9-11-5-3-2-4-6-11/h2-6,10H,7-9H2,1H3,(H,14,17)/t10-/m0/s1. The van der Waals surface area contributed by atoms with Gasteiger partial charge in [-0.25, -0.2) is 4.79 Å². The van der Waals surface area contributed by atoms with Gasteiger partial charge in [0.15, 0.2) is 0 Å². The van der Waals surface area contributed by atoms with Gasteiger partial charge in [0.05, 0.1) is 5.25 Å². The molecule has 0 radical (unpaired) electrons. The van der Waals surface area contributed by atoms with E-state index in [1.807, 2.05) is 37.3 Å². The molecular weight excluding hydrogens is 248 g/mol. The van der Waals surface area contributed by atoms with E-state index in [4.69, 9.17) is 0 Å². The SMILES string of the molecule is C[C@H](SCc1ccccc1)C(=O)N1CCNC1=O. The monoisotopic (exact) mass is 264 g/mol. The fourth-order valence-corrected chi connectivity index (χ4v) is 2.67. The minimum absolute atomic E-state index is 0.106. The summed E-state index contributed by atoms with van der Waals surface area (Å²) in [7, 11) is 0. The van der Waals surface area contributed by atoms with E-state index in [9.17, 15) is 9.59 Å². The van der Waals surface area contributed by atoms with Crippen LogP contribution in [0.15, 0.2) is 30.3 Å². The van der Waals surface area contributed by atoms with Crippen molar-refractivity contribution in [3.63, 3.8) is 0 Å². The summed E-state index contributed by atoms with van der Waals surface area (Å²) < 4.78 is 0. The molecule has 4 nitrogen and oxygen atoms in total. The number of hydrogen-bond acceptors (Lipinski definition) is 3. The second-order valence-corrected chi connectivity index (χ2v) is 5.49. The molecular formula is C13H16N2O2S.